The normalized spacial score (nSPS) is 18.0. The number of anilines is 1. The standard InChI is InChI=1S/C21H22N4O2S2/c26-29(27,14-9-16-5-2-1-3-6-16)25-12-10-24(11-13-25)20-19-17-7-4-8-18(17)28-21(19)23-15-22-20/h1-3,5-6,9,14-15H,4,7-8,10-13H2. The van der Waals surface area contributed by atoms with Crippen molar-refractivity contribution in [3.05, 3.63) is 58.1 Å². The third kappa shape index (κ3) is 3.56. The summed E-state index contributed by atoms with van der Waals surface area (Å²) in [5.74, 6) is 0.964. The van der Waals surface area contributed by atoms with Crippen molar-refractivity contribution >= 4 is 43.5 Å². The summed E-state index contributed by atoms with van der Waals surface area (Å²) in [4.78, 5) is 13.8. The molecule has 0 N–H and O–H groups in total. The molecular formula is C21H22N4O2S2. The predicted octanol–water partition coefficient (Wildman–Crippen LogP) is 3.30. The Bertz CT molecular complexity index is 1160. The molecule has 3 heterocycles. The van der Waals surface area contributed by atoms with E-state index in [-0.39, 0.29) is 0 Å². The van der Waals surface area contributed by atoms with E-state index in [2.05, 4.69) is 14.9 Å². The summed E-state index contributed by atoms with van der Waals surface area (Å²) in [6, 6.07) is 9.49. The van der Waals surface area contributed by atoms with Crippen LogP contribution in [-0.2, 0) is 22.9 Å². The molecule has 6 nitrogen and oxygen atoms in total. The van der Waals surface area contributed by atoms with E-state index in [0.717, 1.165) is 29.1 Å². The van der Waals surface area contributed by atoms with E-state index in [9.17, 15) is 8.42 Å². The van der Waals surface area contributed by atoms with Crippen molar-refractivity contribution in [1.29, 1.82) is 0 Å². The van der Waals surface area contributed by atoms with Crippen LogP contribution in [0.25, 0.3) is 16.3 Å². The Morgan fingerprint density at radius 3 is 2.59 bits per heavy atom. The van der Waals surface area contributed by atoms with Crippen molar-refractivity contribution in [3.8, 4) is 0 Å². The summed E-state index contributed by atoms with van der Waals surface area (Å²) in [6.07, 6.45) is 6.72. The molecule has 0 spiro atoms. The van der Waals surface area contributed by atoms with Crippen molar-refractivity contribution in [3.63, 3.8) is 0 Å². The average Bonchev–Trinajstić information content (AvgIpc) is 3.34. The number of rotatable bonds is 4. The van der Waals surface area contributed by atoms with E-state index >= 15 is 0 Å². The number of nitrogens with zero attached hydrogens (tertiary/aromatic N) is 4. The van der Waals surface area contributed by atoms with Crippen LogP contribution in [0.1, 0.15) is 22.4 Å². The first-order chi connectivity index (χ1) is 14.1. The summed E-state index contributed by atoms with van der Waals surface area (Å²) in [5, 5.41) is 2.50. The Morgan fingerprint density at radius 2 is 1.79 bits per heavy atom. The van der Waals surface area contributed by atoms with Crippen LogP contribution in [0.2, 0.25) is 0 Å². The summed E-state index contributed by atoms with van der Waals surface area (Å²) >= 11 is 1.78. The molecule has 5 rings (SSSR count). The lowest BCUT2D eigenvalue weighted by atomic mass is 10.1. The summed E-state index contributed by atoms with van der Waals surface area (Å²) in [7, 11) is -3.43. The van der Waals surface area contributed by atoms with Crippen molar-refractivity contribution in [2.45, 2.75) is 19.3 Å². The van der Waals surface area contributed by atoms with Crippen molar-refractivity contribution < 1.29 is 8.42 Å². The molecule has 1 aromatic carbocycles. The summed E-state index contributed by atoms with van der Waals surface area (Å²) in [6.45, 7) is 2.18. The number of aromatic nitrogens is 2. The maximum atomic E-state index is 12.7. The topological polar surface area (TPSA) is 66.4 Å². The van der Waals surface area contributed by atoms with Gasteiger partial charge in [-0.1, -0.05) is 30.3 Å². The first-order valence-corrected chi connectivity index (χ1v) is 12.2. The number of hydrogen-bond acceptors (Lipinski definition) is 6. The van der Waals surface area contributed by atoms with E-state index in [1.54, 1.807) is 28.0 Å². The lowest BCUT2D eigenvalue weighted by Crippen LogP contribution is -2.48. The van der Waals surface area contributed by atoms with Gasteiger partial charge in [0.1, 0.15) is 17.0 Å². The highest BCUT2D eigenvalue weighted by atomic mass is 32.2. The minimum Gasteiger partial charge on any atom is -0.353 e. The minimum atomic E-state index is -3.43. The molecule has 2 aliphatic rings. The van der Waals surface area contributed by atoms with Gasteiger partial charge in [-0.2, -0.15) is 4.31 Å². The Balaban J connectivity index is 1.33. The average molecular weight is 427 g/mol. The fourth-order valence-corrected chi connectivity index (χ4v) is 6.52. The molecule has 150 valence electrons. The van der Waals surface area contributed by atoms with E-state index < -0.39 is 10.0 Å². The number of thiophene rings is 1. The Labute approximate surface area is 174 Å². The summed E-state index contributed by atoms with van der Waals surface area (Å²) in [5.41, 5.74) is 2.28. The largest absolute Gasteiger partial charge is 0.353 e. The Hall–Kier alpha value is -2.29. The first-order valence-electron chi connectivity index (χ1n) is 9.85. The maximum absolute atomic E-state index is 12.7. The number of piperazine rings is 1. The summed E-state index contributed by atoms with van der Waals surface area (Å²) < 4.78 is 27.0. The number of benzene rings is 1. The zero-order chi connectivity index (χ0) is 19.8. The second-order valence-corrected chi connectivity index (χ2v) is 10.3. The second-order valence-electron chi connectivity index (χ2n) is 7.38. The number of sulfonamides is 1. The van der Waals surface area contributed by atoms with Gasteiger partial charge in [0.05, 0.1) is 5.39 Å². The van der Waals surface area contributed by atoms with Gasteiger partial charge < -0.3 is 4.90 Å². The van der Waals surface area contributed by atoms with Crippen molar-refractivity contribution in [2.75, 3.05) is 31.1 Å². The molecule has 2 aromatic heterocycles. The van der Waals surface area contributed by atoms with Crippen LogP contribution >= 0.6 is 11.3 Å². The highest BCUT2D eigenvalue weighted by molar-refractivity contribution is 7.92. The molecule has 0 unspecified atom stereocenters. The number of hydrogen-bond donors (Lipinski definition) is 0. The molecule has 0 bridgehead atoms. The highest BCUT2D eigenvalue weighted by Gasteiger charge is 2.28. The van der Waals surface area contributed by atoms with Crippen molar-refractivity contribution in [1.82, 2.24) is 14.3 Å². The highest BCUT2D eigenvalue weighted by Crippen LogP contribution is 2.40. The van der Waals surface area contributed by atoms with Gasteiger partial charge in [-0.25, -0.2) is 18.4 Å². The molecule has 8 heteroatoms. The van der Waals surface area contributed by atoms with Gasteiger partial charge in [-0.05, 0) is 36.5 Å². The van der Waals surface area contributed by atoms with Crippen LogP contribution in [-0.4, -0.2) is 48.9 Å². The fraction of sp³-hybridized carbons (Fsp3) is 0.333. The first kappa shape index (κ1) is 18.7. The number of aryl methyl sites for hydroxylation is 2. The molecule has 0 atom stereocenters. The Kier molecular flexibility index (Phi) is 4.85. The van der Waals surface area contributed by atoms with Crippen LogP contribution in [0, 0.1) is 0 Å². The smallest absolute Gasteiger partial charge is 0.236 e. The maximum Gasteiger partial charge on any atom is 0.236 e. The minimum absolute atomic E-state index is 0.458. The molecule has 0 saturated carbocycles. The van der Waals surface area contributed by atoms with Crippen LogP contribution < -0.4 is 4.90 Å². The van der Waals surface area contributed by atoms with Gasteiger partial charge in [0, 0.05) is 36.5 Å². The lowest BCUT2D eigenvalue weighted by molar-refractivity contribution is 0.389. The van der Waals surface area contributed by atoms with Crippen molar-refractivity contribution in [2.24, 2.45) is 0 Å². The molecule has 1 fully saturated rings. The molecule has 29 heavy (non-hydrogen) atoms. The fourth-order valence-electron chi connectivity index (χ4n) is 4.12. The zero-order valence-electron chi connectivity index (χ0n) is 16.0. The van der Waals surface area contributed by atoms with Gasteiger partial charge in [-0.3, -0.25) is 0 Å². The lowest BCUT2D eigenvalue weighted by Gasteiger charge is -2.34. The van der Waals surface area contributed by atoms with Crippen LogP contribution in [0.15, 0.2) is 42.1 Å². The number of fused-ring (bicyclic) bond motifs is 3. The molecule has 0 amide bonds. The Morgan fingerprint density at radius 1 is 1.00 bits per heavy atom. The third-order valence-electron chi connectivity index (χ3n) is 5.61. The van der Waals surface area contributed by atoms with Gasteiger partial charge in [0.25, 0.3) is 0 Å². The van der Waals surface area contributed by atoms with Crippen LogP contribution in [0.3, 0.4) is 0 Å². The zero-order valence-corrected chi connectivity index (χ0v) is 17.6. The van der Waals surface area contributed by atoms with E-state index in [4.69, 9.17) is 0 Å². The predicted molar refractivity (Wildman–Crippen MR) is 118 cm³/mol. The van der Waals surface area contributed by atoms with Gasteiger partial charge in [0.15, 0.2) is 0 Å². The molecule has 1 aliphatic carbocycles. The third-order valence-corrected chi connectivity index (χ3v) is 8.38. The monoisotopic (exact) mass is 426 g/mol. The van der Waals surface area contributed by atoms with Gasteiger partial charge in [0.2, 0.25) is 10.0 Å². The SMILES string of the molecule is O=S(=O)(C=Cc1ccccc1)N1CCN(c2ncnc3sc4c(c23)CCC4)CC1. The van der Waals surface area contributed by atoms with Gasteiger partial charge >= 0.3 is 0 Å². The quantitative estimate of drug-likeness (QED) is 0.640. The van der Waals surface area contributed by atoms with Crippen LogP contribution in [0.4, 0.5) is 5.82 Å². The molecule has 1 saturated heterocycles. The second kappa shape index (κ2) is 7.51. The molecule has 3 aromatic rings. The van der Waals surface area contributed by atoms with Crippen LogP contribution in [0.5, 0.6) is 0 Å². The molecular weight excluding hydrogens is 404 g/mol. The van der Waals surface area contributed by atoms with E-state index in [1.165, 1.54) is 27.7 Å². The van der Waals surface area contributed by atoms with E-state index in [1.807, 2.05) is 30.3 Å². The molecule has 1 aliphatic heterocycles. The van der Waals surface area contributed by atoms with E-state index in [0.29, 0.717) is 26.2 Å². The molecule has 0 radical (unpaired) electrons. The van der Waals surface area contributed by atoms with Gasteiger partial charge in [-0.15, -0.1) is 11.3 Å².